The van der Waals surface area contributed by atoms with Crippen molar-refractivity contribution >= 4 is 25.1 Å². The Morgan fingerprint density at radius 2 is 1.76 bits per heavy atom. The van der Waals surface area contributed by atoms with E-state index in [0.717, 1.165) is 16.8 Å². The number of phosphoric ester groups is 1. The molecular weight excluding hydrogens is 554 g/mol. The number of benzene rings is 3. The summed E-state index contributed by atoms with van der Waals surface area (Å²) in [6.07, 6.45) is -0.859. The molecule has 0 radical (unpaired) electrons. The summed E-state index contributed by atoms with van der Waals surface area (Å²) in [5.74, 6) is 0.678. The molecule has 12 heteroatoms. The van der Waals surface area contributed by atoms with E-state index in [1.54, 1.807) is 36.2 Å². The van der Waals surface area contributed by atoms with E-state index in [2.05, 4.69) is 9.84 Å². The number of rotatable bonds is 10. The molecule has 3 aromatic carbocycles. The highest BCUT2D eigenvalue weighted by Crippen LogP contribution is 2.45. The Morgan fingerprint density at radius 3 is 2.44 bits per heavy atom. The Morgan fingerprint density at radius 1 is 1.05 bits per heavy atom. The fourth-order valence-electron chi connectivity index (χ4n) is 4.77. The average molecular weight is 589 g/mol. The maximum absolute atomic E-state index is 14.0. The number of carbonyl (C=O) groups excluding carboxylic acids is 1. The van der Waals surface area contributed by atoms with Gasteiger partial charge in [-0.15, -0.1) is 0 Å². The Hall–Kier alpha value is -3.63. The first-order valence-electron chi connectivity index (χ1n) is 12.9. The standard InChI is InChI=1S/C29H34FN2O8P/c1-17-7-8-19(30)13-25(17)39-16-23-21(11-12-24-27(23)32(5)28(33)29(3,4)31-24)22-10-9-20(14-26(22)37-6)38-15-18(2)40-41(34,35)36/h7-14,18,31H,15-16H2,1-6H3,(H2,34,35,36). The van der Waals surface area contributed by atoms with Gasteiger partial charge in [0.05, 0.1) is 18.5 Å². The number of fused-ring (bicyclic) bond motifs is 1. The van der Waals surface area contributed by atoms with Crippen LogP contribution in [-0.4, -0.2) is 48.1 Å². The number of nitrogens with one attached hydrogen (secondary N) is 1. The van der Waals surface area contributed by atoms with Crippen LogP contribution in [0.5, 0.6) is 17.2 Å². The van der Waals surface area contributed by atoms with E-state index in [4.69, 9.17) is 24.0 Å². The van der Waals surface area contributed by atoms with E-state index in [-0.39, 0.29) is 19.1 Å². The summed E-state index contributed by atoms with van der Waals surface area (Å²) < 4.78 is 47.2. The van der Waals surface area contributed by atoms with E-state index in [9.17, 15) is 13.8 Å². The van der Waals surface area contributed by atoms with E-state index in [1.807, 2.05) is 32.9 Å². The molecule has 220 valence electrons. The smallest absolute Gasteiger partial charge is 0.469 e. The van der Waals surface area contributed by atoms with Crippen molar-refractivity contribution in [1.82, 2.24) is 0 Å². The van der Waals surface area contributed by atoms with E-state index < -0.39 is 25.3 Å². The molecule has 1 unspecified atom stereocenters. The molecule has 1 aliphatic heterocycles. The van der Waals surface area contributed by atoms with Crippen LogP contribution in [0.1, 0.15) is 31.9 Å². The van der Waals surface area contributed by atoms with Crippen LogP contribution >= 0.6 is 7.82 Å². The molecule has 1 amide bonds. The molecule has 3 N–H and O–H groups in total. The summed E-state index contributed by atoms with van der Waals surface area (Å²) in [6.45, 7) is 6.85. The molecule has 1 aliphatic rings. The first-order chi connectivity index (χ1) is 19.2. The quantitative estimate of drug-likeness (QED) is 0.266. The zero-order valence-corrected chi connectivity index (χ0v) is 24.6. The number of hydrogen-bond donors (Lipinski definition) is 3. The van der Waals surface area contributed by atoms with Crippen molar-refractivity contribution in [2.75, 3.05) is 31.0 Å². The Labute approximate surface area is 238 Å². The van der Waals surface area contributed by atoms with Crippen LogP contribution in [0.25, 0.3) is 11.1 Å². The normalized spacial score (nSPS) is 15.1. The molecule has 3 aromatic rings. The number of hydrogen-bond acceptors (Lipinski definition) is 7. The van der Waals surface area contributed by atoms with Crippen LogP contribution in [0.4, 0.5) is 15.8 Å². The summed E-state index contributed by atoms with van der Waals surface area (Å²) in [7, 11) is -1.43. The predicted molar refractivity (Wildman–Crippen MR) is 153 cm³/mol. The van der Waals surface area contributed by atoms with Gasteiger partial charge in [0.2, 0.25) is 0 Å². The van der Waals surface area contributed by atoms with Gasteiger partial charge in [-0.05, 0) is 63.1 Å². The second-order valence-electron chi connectivity index (χ2n) is 10.4. The van der Waals surface area contributed by atoms with E-state index in [1.165, 1.54) is 26.2 Å². The van der Waals surface area contributed by atoms with Crippen molar-refractivity contribution in [2.24, 2.45) is 0 Å². The second kappa shape index (κ2) is 11.7. The number of amides is 1. The zero-order valence-electron chi connectivity index (χ0n) is 23.7. The number of methoxy groups -OCH3 is 1. The van der Waals surface area contributed by atoms with Gasteiger partial charge in [0, 0.05) is 30.3 Å². The molecule has 0 saturated carbocycles. The highest BCUT2D eigenvalue weighted by atomic mass is 31.2. The van der Waals surface area contributed by atoms with Crippen LogP contribution in [-0.2, 0) is 20.5 Å². The third kappa shape index (κ3) is 6.82. The lowest BCUT2D eigenvalue weighted by atomic mass is 9.91. The number of aryl methyl sites for hydroxylation is 1. The largest absolute Gasteiger partial charge is 0.496 e. The molecule has 0 fully saturated rings. The van der Waals surface area contributed by atoms with Crippen molar-refractivity contribution in [3.63, 3.8) is 0 Å². The zero-order chi connectivity index (χ0) is 30.1. The summed E-state index contributed by atoms with van der Waals surface area (Å²) in [5.41, 5.74) is 3.40. The number of likely N-dealkylation sites (N-methyl/N-ethyl adjacent to an activating group) is 1. The average Bonchev–Trinajstić information content (AvgIpc) is 2.89. The minimum Gasteiger partial charge on any atom is -0.496 e. The molecule has 1 atom stereocenters. The van der Waals surface area contributed by atoms with Gasteiger partial charge in [0.1, 0.15) is 47.9 Å². The van der Waals surface area contributed by atoms with Crippen LogP contribution < -0.4 is 24.4 Å². The van der Waals surface area contributed by atoms with E-state index in [0.29, 0.717) is 34.1 Å². The van der Waals surface area contributed by atoms with Gasteiger partial charge in [-0.2, -0.15) is 0 Å². The van der Waals surface area contributed by atoms with Crippen molar-refractivity contribution < 1.29 is 42.3 Å². The van der Waals surface area contributed by atoms with E-state index >= 15 is 0 Å². The summed E-state index contributed by atoms with van der Waals surface area (Å²) in [5, 5.41) is 3.31. The van der Waals surface area contributed by atoms with Gasteiger partial charge in [-0.25, -0.2) is 8.96 Å². The fourth-order valence-corrected chi connectivity index (χ4v) is 5.30. The highest BCUT2D eigenvalue weighted by Gasteiger charge is 2.38. The fraction of sp³-hybridized carbons (Fsp3) is 0.345. The van der Waals surface area contributed by atoms with Gasteiger partial charge in [0.25, 0.3) is 5.91 Å². The van der Waals surface area contributed by atoms with Crippen molar-refractivity contribution in [3.05, 3.63) is 65.5 Å². The Bertz CT molecular complexity index is 1510. The minimum atomic E-state index is -4.65. The Balaban J connectivity index is 1.75. The highest BCUT2D eigenvalue weighted by molar-refractivity contribution is 7.46. The van der Waals surface area contributed by atoms with Gasteiger partial charge in [0.15, 0.2) is 0 Å². The maximum atomic E-state index is 14.0. The summed E-state index contributed by atoms with van der Waals surface area (Å²) in [4.78, 5) is 32.8. The third-order valence-corrected chi connectivity index (χ3v) is 7.33. The van der Waals surface area contributed by atoms with Crippen LogP contribution in [0.2, 0.25) is 0 Å². The number of nitrogens with zero attached hydrogens (tertiary/aromatic N) is 1. The SMILES string of the molecule is COc1cc(OCC(C)OP(=O)(O)O)ccc1-c1ccc2c(c1COc1cc(F)ccc1C)N(C)C(=O)C(C)(C)N2. The lowest BCUT2D eigenvalue weighted by Gasteiger charge is -2.39. The number of ether oxygens (including phenoxy) is 3. The molecular formula is C29H34FN2O8P. The van der Waals surface area contributed by atoms with Crippen molar-refractivity contribution in [2.45, 2.75) is 45.9 Å². The van der Waals surface area contributed by atoms with Crippen LogP contribution in [0.15, 0.2) is 48.5 Å². The van der Waals surface area contributed by atoms with Gasteiger partial charge in [-0.1, -0.05) is 12.1 Å². The number of anilines is 2. The van der Waals surface area contributed by atoms with Crippen LogP contribution in [0.3, 0.4) is 0 Å². The predicted octanol–water partition coefficient (Wildman–Crippen LogP) is 5.43. The molecule has 0 aromatic heterocycles. The van der Waals surface area contributed by atoms with Crippen molar-refractivity contribution in [1.29, 1.82) is 0 Å². The monoisotopic (exact) mass is 588 g/mol. The number of halogens is 1. The third-order valence-electron chi connectivity index (χ3n) is 6.69. The molecule has 0 spiro atoms. The molecule has 0 saturated heterocycles. The van der Waals surface area contributed by atoms with Crippen LogP contribution in [0, 0.1) is 12.7 Å². The number of phosphoric acid groups is 1. The van der Waals surface area contributed by atoms with Gasteiger partial charge in [-0.3, -0.25) is 9.32 Å². The van der Waals surface area contributed by atoms with Gasteiger partial charge < -0.3 is 34.2 Å². The molecule has 1 heterocycles. The van der Waals surface area contributed by atoms with Crippen molar-refractivity contribution in [3.8, 4) is 28.4 Å². The maximum Gasteiger partial charge on any atom is 0.469 e. The second-order valence-corrected chi connectivity index (χ2v) is 11.6. The lowest BCUT2D eigenvalue weighted by Crippen LogP contribution is -2.52. The Kier molecular flexibility index (Phi) is 8.65. The molecule has 10 nitrogen and oxygen atoms in total. The van der Waals surface area contributed by atoms with Gasteiger partial charge >= 0.3 is 7.82 Å². The summed E-state index contributed by atoms with van der Waals surface area (Å²) in [6, 6.07) is 13.2. The first kappa shape index (κ1) is 30.3. The molecule has 0 aliphatic carbocycles. The minimum absolute atomic E-state index is 0.0289. The molecule has 4 rings (SSSR count). The lowest BCUT2D eigenvalue weighted by molar-refractivity contribution is -0.121. The first-order valence-corrected chi connectivity index (χ1v) is 14.4. The molecule has 41 heavy (non-hydrogen) atoms. The number of carbonyl (C=O) groups is 1. The molecule has 0 bridgehead atoms. The topological polar surface area (TPSA) is 127 Å². The summed E-state index contributed by atoms with van der Waals surface area (Å²) >= 11 is 0.